The van der Waals surface area contributed by atoms with Gasteiger partial charge in [0, 0.05) is 39.7 Å². The van der Waals surface area contributed by atoms with Gasteiger partial charge in [-0.25, -0.2) is 0 Å². The Bertz CT molecular complexity index is 723. The fraction of sp³-hybridized carbons (Fsp3) is 0.591. The summed E-state index contributed by atoms with van der Waals surface area (Å²) < 4.78 is 6.34. The first-order valence-electron chi connectivity index (χ1n) is 9.96. The van der Waals surface area contributed by atoms with Crippen molar-refractivity contribution in [2.75, 3.05) is 6.61 Å². The lowest BCUT2D eigenvalue weighted by Gasteiger charge is -2.47. The molecule has 1 aliphatic carbocycles. The van der Waals surface area contributed by atoms with Crippen LogP contribution < -0.4 is 5.73 Å². The van der Waals surface area contributed by atoms with Gasteiger partial charge in [0.25, 0.3) is 0 Å². The molecule has 1 saturated carbocycles. The fourth-order valence-corrected chi connectivity index (χ4v) is 6.14. The minimum Gasteiger partial charge on any atom is -0.375 e. The van der Waals surface area contributed by atoms with E-state index < -0.39 is 0 Å². The van der Waals surface area contributed by atoms with Crippen molar-refractivity contribution >= 4 is 11.3 Å². The molecule has 0 bridgehead atoms. The number of thiophene rings is 1. The molecular formula is C22H30N2OS. The van der Waals surface area contributed by atoms with Gasteiger partial charge in [-0.05, 0) is 69.7 Å². The molecule has 0 radical (unpaired) electrons. The van der Waals surface area contributed by atoms with Crippen LogP contribution in [0, 0.1) is 6.92 Å². The van der Waals surface area contributed by atoms with Crippen molar-refractivity contribution in [3.8, 4) is 0 Å². The zero-order valence-corrected chi connectivity index (χ0v) is 16.6. The fourth-order valence-electron chi connectivity index (χ4n) is 5.16. The molecule has 4 heteroatoms. The van der Waals surface area contributed by atoms with Crippen LogP contribution in [0.4, 0.5) is 0 Å². The third-order valence-electron chi connectivity index (χ3n) is 6.28. The maximum absolute atomic E-state index is 6.69. The highest BCUT2D eigenvalue weighted by atomic mass is 32.1. The van der Waals surface area contributed by atoms with Gasteiger partial charge in [-0.2, -0.15) is 0 Å². The van der Waals surface area contributed by atoms with Gasteiger partial charge in [-0.1, -0.05) is 18.9 Å². The molecule has 2 fully saturated rings. The van der Waals surface area contributed by atoms with Crippen LogP contribution in [-0.2, 0) is 16.6 Å². The van der Waals surface area contributed by atoms with Gasteiger partial charge in [0.05, 0.1) is 5.60 Å². The van der Waals surface area contributed by atoms with Crippen molar-refractivity contribution in [1.82, 2.24) is 4.98 Å². The van der Waals surface area contributed by atoms with Gasteiger partial charge in [-0.3, -0.25) is 4.98 Å². The SMILES string of the molecule is Cc1ccc(CC(N)CC2(c3ccccn3)CCOC3(CCCC3)C2)s1. The van der Waals surface area contributed by atoms with E-state index in [1.807, 2.05) is 23.6 Å². The van der Waals surface area contributed by atoms with Crippen LogP contribution in [0.25, 0.3) is 0 Å². The van der Waals surface area contributed by atoms with Crippen LogP contribution in [0.2, 0.25) is 0 Å². The Hall–Kier alpha value is -1.23. The Morgan fingerprint density at radius 3 is 2.73 bits per heavy atom. The minimum atomic E-state index is 0.0512. The number of aromatic nitrogens is 1. The van der Waals surface area contributed by atoms with Crippen molar-refractivity contribution < 1.29 is 4.74 Å². The highest BCUT2D eigenvalue weighted by Crippen LogP contribution is 2.50. The van der Waals surface area contributed by atoms with Gasteiger partial charge in [0.2, 0.25) is 0 Å². The summed E-state index contributed by atoms with van der Waals surface area (Å²) in [5, 5.41) is 0. The third-order valence-corrected chi connectivity index (χ3v) is 7.31. The molecule has 2 atom stereocenters. The summed E-state index contributed by atoms with van der Waals surface area (Å²) in [5.41, 5.74) is 8.02. The van der Waals surface area contributed by atoms with E-state index >= 15 is 0 Å². The van der Waals surface area contributed by atoms with Crippen molar-refractivity contribution in [3.63, 3.8) is 0 Å². The van der Waals surface area contributed by atoms with Crippen LogP contribution in [0.1, 0.15) is 60.4 Å². The first kappa shape index (κ1) is 18.1. The molecule has 1 aliphatic heterocycles. The summed E-state index contributed by atoms with van der Waals surface area (Å²) in [5.74, 6) is 0. The first-order chi connectivity index (χ1) is 12.6. The monoisotopic (exact) mass is 370 g/mol. The second-order valence-corrected chi connectivity index (χ2v) is 9.71. The van der Waals surface area contributed by atoms with Crippen molar-refractivity contribution in [3.05, 3.63) is 52.0 Å². The molecule has 1 spiro atoms. The summed E-state index contributed by atoms with van der Waals surface area (Å²) in [6, 6.07) is 10.9. The van der Waals surface area contributed by atoms with E-state index in [9.17, 15) is 0 Å². The molecule has 2 unspecified atom stereocenters. The predicted molar refractivity (Wildman–Crippen MR) is 108 cm³/mol. The normalized spacial score (nSPS) is 26.2. The third kappa shape index (κ3) is 3.73. The maximum Gasteiger partial charge on any atom is 0.0691 e. The lowest BCUT2D eigenvalue weighted by Crippen LogP contribution is -2.49. The highest BCUT2D eigenvalue weighted by Gasteiger charge is 2.49. The van der Waals surface area contributed by atoms with Gasteiger partial charge >= 0.3 is 0 Å². The molecular weight excluding hydrogens is 340 g/mol. The van der Waals surface area contributed by atoms with Gasteiger partial charge < -0.3 is 10.5 Å². The highest BCUT2D eigenvalue weighted by molar-refractivity contribution is 7.11. The van der Waals surface area contributed by atoms with E-state index in [0.717, 1.165) is 32.3 Å². The Kier molecular flexibility index (Phi) is 5.18. The number of rotatable bonds is 5. The van der Waals surface area contributed by atoms with E-state index in [4.69, 9.17) is 15.5 Å². The number of hydrogen-bond donors (Lipinski definition) is 1. The molecule has 2 N–H and O–H groups in total. The Labute approximate surface area is 161 Å². The van der Waals surface area contributed by atoms with Gasteiger partial charge in [0.1, 0.15) is 0 Å². The zero-order chi connectivity index (χ0) is 18.0. The number of nitrogens with two attached hydrogens (primary N) is 1. The van der Waals surface area contributed by atoms with Gasteiger partial charge in [0.15, 0.2) is 0 Å². The molecule has 1 saturated heterocycles. The standard InChI is InChI=1S/C22H30N2OS/c1-17-7-8-19(26-17)14-18(23)15-21(20-6-2-5-12-24-20)11-13-25-22(16-21)9-3-4-10-22/h2,5-8,12,18H,3-4,9-11,13-16,23H2,1H3. The van der Waals surface area contributed by atoms with Crippen LogP contribution in [0.15, 0.2) is 36.5 Å². The van der Waals surface area contributed by atoms with E-state index in [-0.39, 0.29) is 17.1 Å². The second-order valence-electron chi connectivity index (χ2n) is 8.34. The van der Waals surface area contributed by atoms with Crippen molar-refractivity contribution in [2.24, 2.45) is 5.73 Å². The number of nitrogens with zero attached hydrogens (tertiary/aromatic N) is 1. The molecule has 3 heterocycles. The minimum absolute atomic E-state index is 0.0512. The topological polar surface area (TPSA) is 48.1 Å². The smallest absolute Gasteiger partial charge is 0.0691 e. The summed E-state index contributed by atoms with van der Waals surface area (Å²) in [7, 11) is 0. The summed E-state index contributed by atoms with van der Waals surface area (Å²) in [4.78, 5) is 7.55. The lowest BCUT2D eigenvalue weighted by atomic mass is 9.66. The Morgan fingerprint density at radius 1 is 1.19 bits per heavy atom. The molecule has 3 nitrogen and oxygen atoms in total. The largest absolute Gasteiger partial charge is 0.375 e. The zero-order valence-electron chi connectivity index (χ0n) is 15.7. The maximum atomic E-state index is 6.69. The Balaban J connectivity index is 1.58. The van der Waals surface area contributed by atoms with E-state index in [1.54, 1.807) is 0 Å². The summed E-state index contributed by atoms with van der Waals surface area (Å²) in [6.45, 7) is 3.00. The quantitative estimate of drug-likeness (QED) is 0.824. The molecule has 2 aromatic rings. The van der Waals surface area contributed by atoms with Crippen LogP contribution in [0.3, 0.4) is 0 Å². The molecule has 2 aromatic heterocycles. The molecule has 2 aliphatic rings. The average Bonchev–Trinajstić information content (AvgIpc) is 3.25. The van der Waals surface area contributed by atoms with E-state index in [2.05, 4.69) is 31.2 Å². The first-order valence-corrected chi connectivity index (χ1v) is 10.8. The summed E-state index contributed by atoms with van der Waals surface area (Å²) in [6.07, 6.45) is 11.0. The molecule has 0 amide bonds. The van der Waals surface area contributed by atoms with E-state index in [1.165, 1.54) is 41.1 Å². The van der Waals surface area contributed by atoms with Crippen molar-refractivity contribution in [1.29, 1.82) is 0 Å². The predicted octanol–water partition coefficient (Wildman–Crippen LogP) is 4.77. The number of pyridine rings is 1. The lowest BCUT2D eigenvalue weighted by molar-refractivity contribution is -0.105. The number of hydrogen-bond acceptors (Lipinski definition) is 4. The van der Waals surface area contributed by atoms with Crippen LogP contribution >= 0.6 is 11.3 Å². The molecule has 26 heavy (non-hydrogen) atoms. The number of ether oxygens (including phenoxy) is 1. The van der Waals surface area contributed by atoms with Crippen LogP contribution in [0.5, 0.6) is 0 Å². The van der Waals surface area contributed by atoms with Crippen LogP contribution in [-0.4, -0.2) is 23.2 Å². The average molecular weight is 371 g/mol. The van der Waals surface area contributed by atoms with Crippen molar-refractivity contribution in [2.45, 2.75) is 75.3 Å². The van der Waals surface area contributed by atoms with Gasteiger partial charge in [-0.15, -0.1) is 11.3 Å². The summed E-state index contributed by atoms with van der Waals surface area (Å²) >= 11 is 1.87. The molecule has 140 valence electrons. The Morgan fingerprint density at radius 2 is 2.04 bits per heavy atom. The van der Waals surface area contributed by atoms with E-state index in [0.29, 0.717) is 0 Å². The second kappa shape index (κ2) is 7.41. The molecule has 4 rings (SSSR count). The molecule has 0 aromatic carbocycles. The number of aryl methyl sites for hydroxylation is 1.